The summed E-state index contributed by atoms with van der Waals surface area (Å²) < 4.78 is 0. The highest BCUT2D eigenvalue weighted by atomic mass is 35.5. The molecule has 120 valence electrons. The van der Waals surface area contributed by atoms with Crippen molar-refractivity contribution in [3.63, 3.8) is 0 Å². The van der Waals surface area contributed by atoms with Crippen molar-refractivity contribution in [3.05, 3.63) is 64.2 Å². The van der Waals surface area contributed by atoms with Crippen molar-refractivity contribution < 1.29 is 4.79 Å². The van der Waals surface area contributed by atoms with Gasteiger partial charge in [0, 0.05) is 16.8 Å². The Morgan fingerprint density at radius 3 is 2.57 bits per heavy atom. The number of benzene rings is 2. The second-order valence-electron chi connectivity index (χ2n) is 5.99. The molecular weight excluding hydrogens is 310 g/mol. The second-order valence-corrected chi connectivity index (χ2v) is 6.40. The normalized spacial score (nSPS) is 20.5. The first kappa shape index (κ1) is 16.0. The lowest BCUT2D eigenvalue weighted by Gasteiger charge is -2.11. The summed E-state index contributed by atoms with van der Waals surface area (Å²) in [6, 6.07) is 13.7. The van der Waals surface area contributed by atoms with Gasteiger partial charge in [0.25, 0.3) is 0 Å². The lowest BCUT2D eigenvalue weighted by Crippen LogP contribution is -2.39. The summed E-state index contributed by atoms with van der Waals surface area (Å²) in [4.78, 5) is 12.4. The minimum atomic E-state index is -0.266. The molecular formula is C18H20ClN3O. The van der Waals surface area contributed by atoms with E-state index in [0.29, 0.717) is 11.4 Å². The van der Waals surface area contributed by atoms with Crippen molar-refractivity contribution in [2.75, 3.05) is 5.32 Å². The number of carbonyl (C=O) groups is 1. The van der Waals surface area contributed by atoms with E-state index in [0.717, 1.165) is 11.3 Å². The molecule has 0 spiro atoms. The molecule has 0 aliphatic carbocycles. The molecule has 3 N–H and O–H groups in total. The molecule has 2 unspecified atom stereocenters. The second kappa shape index (κ2) is 6.71. The molecule has 0 bridgehead atoms. The molecule has 1 aliphatic rings. The zero-order valence-electron chi connectivity index (χ0n) is 13.2. The molecule has 1 heterocycles. The number of anilines is 1. The highest BCUT2D eigenvalue weighted by molar-refractivity contribution is 6.31. The predicted molar refractivity (Wildman–Crippen MR) is 93.4 cm³/mol. The van der Waals surface area contributed by atoms with Gasteiger partial charge in [0.2, 0.25) is 5.91 Å². The van der Waals surface area contributed by atoms with Gasteiger partial charge in [-0.1, -0.05) is 41.4 Å². The Kier molecular flexibility index (Phi) is 4.66. The Morgan fingerprint density at radius 2 is 1.87 bits per heavy atom. The maximum Gasteiger partial charge on any atom is 0.242 e. The highest BCUT2D eigenvalue weighted by Crippen LogP contribution is 2.24. The molecule has 4 nitrogen and oxygen atoms in total. The number of rotatable bonds is 3. The predicted octanol–water partition coefficient (Wildman–Crippen LogP) is 3.50. The lowest BCUT2D eigenvalue weighted by atomic mass is 10.0. The van der Waals surface area contributed by atoms with Crippen LogP contribution in [0.1, 0.15) is 29.2 Å². The van der Waals surface area contributed by atoms with Gasteiger partial charge in [-0.25, -0.2) is 10.9 Å². The van der Waals surface area contributed by atoms with Gasteiger partial charge in [-0.05, 0) is 49.6 Å². The van der Waals surface area contributed by atoms with Gasteiger partial charge in [-0.15, -0.1) is 0 Å². The third kappa shape index (κ3) is 3.72. The van der Waals surface area contributed by atoms with E-state index in [2.05, 4.69) is 47.4 Å². The third-order valence-electron chi connectivity index (χ3n) is 4.12. The maximum atomic E-state index is 12.4. The van der Waals surface area contributed by atoms with E-state index in [1.807, 2.05) is 19.1 Å². The number of carbonyl (C=O) groups excluding carboxylic acids is 1. The number of nitrogens with one attached hydrogen (secondary N) is 3. The Morgan fingerprint density at radius 1 is 1.13 bits per heavy atom. The lowest BCUT2D eigenvalue weighted by molar-refractivity contribution is -0.117. The maximum absolute atomic E-state index is 12.4. The topological polar surface area (TPSA) is 53.2 Å². The molecule has 2 aromatic carbocycles. The first-order valence-electron chi connectivity index (χ1n) is 7.67. The fourth-order valence-electron chi connectivity index (χ4n) is 2.70. The number of amides is 1. The van der Waals surface area contributed by atoms with Gasteiger partial charge in [0.15, 0.2) is 0 Å². The minimum absolute atomic E-state index is 0.0474. The Bertz CT molecular complexity index is 715. The van der Waals surface area contributed by atoms with Gasteiger partial charge in [0.1, 0.15) is 6.04 Å². The molecule has 0 saturated carbocycles. The monoisotopic (exact) mass is 329 g/mol. The van der Waals surface area contributed by atoms with E-state index in [1.54, 1.807) is 6.07 Å². The van der Waals surface area contributed by atoms with E-state index in [9.17, 15) is 4.79 Å². The SMILES string of the molecule is Cc1ccc(C2CC(C(=O)Nc3ccc(Cl)c(C)c3)NN2)cc1. The minimum Gasteiger partial charge on any atom is -0.325 e. The molecule has 3 rings (SSSR count). The molecule has 2 aromatic rings. The molecule has 23 heavy (non-hydrogen) atoms. The first-order chi connectivity index (χ1) is 11.0. The van der Waals surface area contributed by atoms with Gasteiger partial charge >= 0.3 is 0 Å². The van der Waals surface area contributed by atoms with Crippen molar-refractivity contribution in [2.45, 2.75) is 32.4 Å². The average Bonchev–Trinajstić information content (AvgIpc) is 3.02. The van der Waals surface area contributed by atoms with Crippen LogP contribution in [-0.2, 0) is 4.79 Å². The van der Waals surface area contributed by atoms with E-state index in [4.69, 9.17) is 11.6 Å². The molecule has 1 saturated heterocycles. The van der Waals surface area contributed by atoms with Crippen LogP contribution in [0.4, 0.5) is 5.69 Å². The third-order valence-corrected chi connectivity index (χ3v) is 4.55. The van der Waals surface area contributed by atoms with Gasteiger partial charge < -0.3 is 5.32 Å². The van der Waals surface area contributed by atoms with Crippen molar-refractivity contribution >= 4 is 23.2 Å². The zero-order chi connectivity index (χ0) is 16.4. The van der Waals surface area contributed by atoms with Gasteiger partial charge in [0.05, 0.1) is 0 Å². The summed E-state index contributed by atoms with van der Waals surface area (Å²) in [5, 5.41) is 3.63. The summed E-state index contributed by atoms with van der Waals surface area (Å²) in [6.45, 7) is 3.98. The van der Waals surface area contributed by atoms with Crippen LogP contribution in [0.25, 0.3) is 0 Å². The van der Waals surface area contributed by atoms with Crippen molar-refractivity contribution in [1.82, 2.24) is 10.9 Å². The summed E-state index contributed by atoms with van der Waals surface area (Å²) in [5.41, 5.74) is 10.4. The molecule has 1 fully saturated rings. The zero-order valence-corrected chi connectivity index (χ0v) is 13.9. The largest absolute Gasteiger partial charge is 0.325 e. The van der Waals surface area contributed by atoms with Crippen LogP contribution < -0.4 is 16.2 Å². The molecule has 0 aromatic heterocycles. The van der Waals surface area contributed by atoms with Crippen LogP contribution >= 0.6 is 11.6 Å². The molecule has 5 heteroatoms. The molecule has 2 atom stereocenters. The number of hydrogen-bond donors (Lipinski definition) is 3. The van der Waals surface area contributed by atoms with E-state index in [1.165, 1.54) is 11.1 Å². The Labute approximate surface area is 141 Å². The van der Waals surface area contributed by atoms with E-state index >= 15 is 0 Å². The van der Waals surface area contributed by atoms with Gasteiger partial charge in [-0.2, -0.15) is 0 Å². The number of hydrogen-bond acceptors (Lipinski definition) is 3. The highest BCUT2D eigenvalue weighted by Gasteiger charge is 2.30. The number of halogens is 1. The van der Waals surface area contributed by atoms with Crippen LogP contribution in [0.3, 0.4) is 0 Å². The van der Waals surface area contributed by atoms with Gasteiger partial charge in [-0.3, -0.25) is 4.79 Å². The van der Waals surface area contributed by atoms with E-state index < -0.39 is 0 Å². The Balaban J connectivity index is 1.63. The van der Waals surface area contributed by atoms with Crippen LogP contribution in [-0.4, -0.2) is 11.9 Å². The first-order valence-corrected chi connectivity index (χ1v) is 8.05. The van der Waals surface area contributed by atoms with Crippen LogP contribution in [0.5, 0.6) is 0 Å². The van der Waals surface area contributed by atoms with Crippen molar-refractivity contribution in [2.24, 2.45) is 0 Å². The van der Waals surface area contributed by atoms with Crippen LogP contribution in [0, 0.1) is 13.8 Å². The molecule has 1 amide bonds. The van der Waals surface area contributed by atoms with Crippen molar-refractivity contribution in [3.8, 4) is 0 Å². The van der Waals surface area contributed by atoms with Crippen LogP contribution in [0.2, 0.25) is 5.02 Å². The summed E-state index contributed by atoms with van der Waals surface area (Å²) in [5.74, 6) is -0.0474. The summed E-state index contributed by atoms with van der Waals surface area (Å²) >= 11 is 6.01. The standard InChI is InChI=1S/C18H20ClN3O/c1-11-3-5-13(6-4-11)16-10-17(22-21-16)18(23)20-14-7-8-15(19)12(2)9-14/h3-9,16-17,21-22H,10H2,1-2H3,(H,20,23). The summed E-state index contributed by atoms with van der Waals surface area (Å²) in [7, 11) is 0. The number of aryl methyl sites for hydroxylation is 2. The quantitative estimate of drug-likeness (QED) is 0.807. The molecule has 1 aliphatic heterocycles. The average molecular weight is 330 g/mol. The Hall–Kier alpha value is -1.88. The van der Waals surface area contributed by atoms with Crippen LogP contribution in [0.15, 0.2) is 42.5 Å². The smallest absolute Gasteiger partial charge is 0.242 e. The fourth-order valence-corrected chi connectivity index (χ4v) is 2.81. The summed E-state index contributed by atoms with van der Waals surface area (Å²) in [6.07, 6.45) is 0.710. The molecule has 0 radical (unpaired) electrons. The fraction of sp³-hybridized carbons (Fsp3) is 0.278. The van der Waals surface area contributed by atoms with Crippen molar-refractivity contribution in [1.29, 1.82) is 0 Å². The van der Waals surface area contributed by atoms with E-state index in [-0.39, 0.29) is 18.0 Å². The number of hydrazine groups is 1.